The first-order valence-electron chi connectivity index (χ1n) is 5.69. The van der Waals surface area contributed by atoms with Gasteiger partial charge in [0, 0.05) is 6.04 Å². The number of nitrogens with two attached hydrogens (primary N) is 1. The van der Waals surface area contributed by atoms with Crippen molar-refractivity contribution in [3.05, 3.63) is 23.7 Å². The van der Waals surface area contributed by atoms with Gasteiger partial charge in [-0.15, -0.1) is 0 Å². The minimum atomic E-state index is -0.434. The van der Waals surface area contributed by atoms with Gasteiger partial charge in [-0.05, 0) is 38.8 Å². The van der Waals surface area contributed by atoms with E-state index >= 15 is 0 Å². The highest BCUT2D eigenvalue weighted by Crippen LogP contribution is 2.29. The van der Waals surface area contributed by atoms with Crippen molar-refractivity contribution in [1.29, 1.82) is 0 Å². The summed E-state index contributed by atoms with van der Waals surface area (Å²) < 4.78 is 5.49. The van der Waals surface area contributed by atoms with Crippen LogP contribution in [0.5, 0.6) is 0 Å². The van der Waals surface area contributed by atoms with E-state index in [0.717, 1.165) is 24.4 Å². The lowest BCUT2D eigenvalue weighted by molar-refractivity contribution is -0.133. The molecule has 1 atom stereocenters. The molecule has 1 aromatic heterocycles. The molecule has 0 bridgehead atoms. The summed E-state index contributed by atoms with van der Waals surface area (Å²) in [6.45, 7) is 4.17. The Morgan fingerprint density at radius 2 is 2.31 bits per heavy atom. The van der Waals surface area contributed by atoms with Crippen molar-refractivity contribution < 1.29 is 9.21 Å². The molecule has 1 saturated carbocycles. The Morgan fingerprint density at radius 3 is 2.75 bits per heavy atom. The monoisotopic (exact) mass is 222 g/mol. The van der Waals surface area contributed by atoms with Crippen molar-refractivity contribution in [2.45, 2.75) is 45.3 Å². The maximum atomic E-state index is 11.9. The summed E-state index contributed by atoms with van der Waals surface area (Å²) >= 11 is 0. The number of hydrogen-bond acceptors (Lipinski definition) is 3. The van der Waals surface area contributed by atoms with Gasteiger partial charge < -0.3 is 15.1 Å². The molecule has 2 N–H and O–H groups in total. The Morgan fingerprint density at radius 1 is 1.62 bits per heavy atom. The summed E-state index contributed by atoms with van der Waals surface area (Å²) in [6, 6.07) is 3.76. The molecule has 0 saturated heterocycles. The van der Waals surface area contributed by atoms with Crippen molar-refractivity contribution in [3.63, 3.8) is 0 Å². The van der Waals surface area contributed by atoms with Crippen LogP contribution in [0.2, 0.25) is 0 Å². The van der Waals surface area contributed by atoms with Gasteiger partial charge in [0.05, 0.1) is 12.6 Å². The maximum absolute atomic E-state index is 11.9. The van der Waals surface area contributed by atoms with Crippen LogP contribution in [0.15, 0.2) is 16.5 Å². The summed E-state index contributed by atoms with van der Waals surface area (Å²) in [5.41, 5.74) is 5.64. The third kappa shape index (κ3) is 2.44. The Kier molecular flexibility index (Phi) is 3.01. The molecular formula is C12H18N2O2. The fourth-order valence-electron chi connectivity index (χ4n) is 1.77. The summed E-state index contributed by atoms with van der Waals surface area (Å²) in [5.74, 6) is 1.72. The van der Waals surface area contributed by atoms with Gasteiger partial charge in [0.1, 0.15) is 11.5 Å². The molecule has 1 aliphatic carbocycles. The number of rotatable bonds is 4. The van der Waals surface area contributed by atoms with E-state index < -0.39 is 6.04 Å². The van der Waals surface area contributed by atoms with E-state index in [2.05, 4.69) is 0 Å². The van der Waals surface area contributed by atoms with Crippen LogP contribution in [0.25, 0.3) is 0 Å². The fraction of sp³-hybridized carbons (Fsp3) is 0.583. The number of furan rings is 1. The normalized spacial score (nSPS) is 17.2. The van der Waals surface area contributed by atoms with E-state index in [1.807, 2.05) is 24.0 Å². The lowest BCUT2D eigenvalue weighted by Crippen LogP contribution is -2.42. The Labute approximate surface area is 95.4 Å². The predicted octanol–water partition coefficient (Wildman–Crippen LogP) is 1.43. The number of aryl methyl sites for hydroxylation is 1. The van der Waals surface area contributed by atoms with Crippen LogP contribution in [0.1, 0.15) is 31.3 Å². The highest BCUT2D eigenvalue weighted by molar-refractivity contribution is 5.81. The van der Waals surface area contributed by atoms with Crippen LogP contribution in [0, 0.1) is 6.92 Å². The number of carbonyl (C=O) groups excluding carboxylic acids is 1. The molecule has 1 aromatic rings. The SMILES string of the molecule is Cc1ccc(CN(C(=O)C(C)N)C2CC2)o1. The van der Waals surface area contributed by atoms with Crippen LogP contribution in [0.4, 0.5) is 0 Å². The Hall–Kier alpha value is -1.29. The molecule has 88 valence electrons. The predicted molar refractivity (Wildman–Crippen MR) is 60.7 cm³/mol. The minimum absolute atomic E-state index is 0.0107. The molecule has 0 aromatic carbocycles. The second kappa shape index (κ2) is 4.29. The van der Waals surface area contributed by atoms with Crippen LogP contribution < -0.4 is 5.73 Å². The Balaban J connectivity index is 2.06. The standard InChI is InChI=1S/C12H18N2O2/c1-8-3-6-11(16-8)7-14(10-4-5-10)12(15)9(2)13/h3,6,9-10H,4-5,7,13H2,1-2H3. The average molecular weight is 222 g/mol. The number of hydrogen-bond donors (Lipinski definition) is 1. The topological polar surface area (TPSA) is 59.5 Å². The second-order valence-corrected chi connectivity index (χ2v) is 4.50. The zero-order chi connectivity index (χ0) is 11.7. The smallest absolute Gasteiger partial charge is 0.239 e. The van der Waals surface area contributed by atoms with Crippen molar-refractivity contribution in [1.82, 2.24) is 4.90 Å². The van der Waals surface area contributed by atoms with Gasteiger partial charge >= 0.3 is 0 Å². The molecule has 1 heterocycles. The van der Waals surface area contributed by atoms with Crippen molar-refractivity contribution in [2.24, 2.45) is 5.73 Å². The van der Waals surface area contributed by atoms with E-state index in [-0.39, 0.29) is 5.91 Å². The second-order valence-electron chi connectivity index (χ2n) is 4.50. The molecule has 0 radical (unpaired) electrons. The molecule has 0 spiro atoms. The van der Waals surface area contributed by atoms with Gasteiger partial charge in [-0.25, -0.2) is 0 Å². The third-order valence-electron chi connectivity index (χ3n) is 2.78. The van der Waals surface area contributed by atoms with E-state index in [4.69, 9.17) is 10.2 Å². The van der Waals surface area contributed by atoms with Gasteiger partial charge in [0.15, 0.2) is 0 Å². The number of amides is 1. The molecule has 16 heavy (non-hydrogen) atoms. The largest absolute Gasteiger partial charge is 0.464 e. The molecule has 1 amide bonds. The van der Waals surface area contributed by atoms with Gasteiger partial charge in [-0.3, -0.25) is 4.79 Å². The van der Waals surface area contributed by atoms with E-state index in [0.29, 0.717) is 12.6 Å². The Bertz CT molecular complexity index is 380. The van der Waals surface area contributed by atoms with Crippen LogP contribution in [-0.4, -0.2) is 22.9 Å². The highest BCUT2D eigenvalue weighted by Gasteiger charge is 2.34. The summed E-state index contributed by atoms with van der Waals surface area (Å²) in [6.07, 6.45) is 2.16. The van der Waals surface area contributed by atoms with Crippen LogP contribution >= 0.6 is 0 Å². The van der Waals surface area contributed by atoms with E-state index in [9.17, 15) is 4.79 Å². The third-order valence-corrected chi connectivity index (χ3v) is 2.78. The lowest BCUT2D eigenvalue weighted by Gasteiger charge is -2.23. The first-order valence-corrected chi connectivity index (χ1v) is 5.69. The average Bonchev–Trinajstić information content (AvgIpc) is 2.98. The summed E-state index contributed by atoms with van der Waals surface area (Å²) in [4.78, 5) is 13.7. The maximum Gasteiger partial charge on any atom is 0.239 e. The molecule has 4 heteroatoms. The van der Waals surface area contributed by atoms with Crippen molar-refractivity contribution in [2.75, 3.05) is 0 Å². The fourth-order valence-corrected chi connectivity index (χ4v) is 1.77. The minimum Gasteiger partial charge on any atom is -0.464 e. The van der Waals surface area contributed by atoms with Gasteiger partial charge in [0.25, 0.3) is 0 Å². The van der Waals surface area contributed by atoms with Crippen LogP contribution in [0.3, 0.4) is 0 Å². The van der Waals surface area contributed by atoms with E-state index in [1.54, 1.807) is 6.92 Å². The molecule has 1 unspecified atom stereocenters. The molecule has 1 fully saturated rings. The summed E-state index contributed by atoms with van der Waals surface area (Å²) in [5, 5.41) is 0. The molecule has 1 aliphatic rings. The molecule has 0 aliphatic heterocycles. The number of carbonyl (C=O) groups is 1. The van der Waals surface area contributed by atoms with Gasteiger partial charge in [0.2, 0.25) is 5.91 Å². The lowest BCUT2D eigenvalue weighted by atomic mass is 10.2. The van der Waals surface area contributed by atoms with Crippen molar-refractivity contribution >= 4 is 5.91 Å². The first-order chi connectivity index (χ1) is 7.58. The molecule has 4 nitrogen and oxygen atoms in total. The first kappa shape index (κ1) is 11.2. The van der Waals surface area contributed by atoms with Crippen molar-refractivity contribution in [3.8, 4) is 0 Å². The van der Waals surface area contributed by atoms with Crippen LogP contribution in [-0.2, 0) is 11.3 Å². The molecular weight excluding hydrogens is 204 g/mol. The summed E-state index contributed by atoms with van der Waals surface area (Å²) in [7, 11) is 0. The number of nitrogens with zero attached hydrogens (tertiary/aromatic N) is 1. The zero-order valence-electron chi connectivity index (χ0n) is 9.77. The molecule has 2 rings (SSSR count). The van der Waals surface area contributed by atoms with Gasteiger partial charge in [-0.2, -0.15) is 0 Å². The highest BCUT2D eigenvalue weighted by atomic mass is 16.3. The quantitative estimate of drug-likeness (QED) is 0.838. The van der Waals surface area contributed by atoms with E-state index in [1.165, 1.54) is 0 Å². The zero-order valence-corrected chi connectivity index (χ0v) is 9.77. The van der Waals surface area contributed by atoms with Gasteiger partial charge in [-0.1, -0.05) is 0 Å².